The van der Waals surface area contributed by atoms with Crippen molar-refractivity contribution >= 4 is 11.9 Å². The topological polar surface area (TPSA) is 58.6 Å². The summed E-state index contributed by atoms with van der Waals surface area (Å²) in [6.07, 6.45) is -5.27. The maximum atomic E-state index is 14.1. The highest BCUT2D eigenvalue weighted by atomic mass is 19.4. The second kappa shape index (κ2) is 10.3. The minimum Gasteiger partial charge on any atom is -0.465 e. The molecule has 1 N–H and O–H groups in total. The number of carbonyl (C=O) groups excluding carboxylic acids is 2. The molecule has 1 fully saturated rings. The van der Waals surface area contributed by atoms with E-state index in [1.165, 1.54) is 19.2 Å². The number of rotatable bonds is 6. The summed E-state index contributed by atoms with van der Waals surface area (Å²) in [6, 6.07) is 10.2. The number of benzene rings is 2. The first-order valence-electron chi connectivity index (χ1n) is 10.6. The maximum absolute atomic E-state index is 14.1. The Kier molecular flexibility index (Phi) is 7.73. The van der Waals surface area contributed by atoms with Gasteiger partial charge in [-0.2, -0.15) is 13.2 Å². The lowest BCUT2D eigenvalue weighted by molar-refractivity contribution is -0.137. The van der Waals surface area contributed by atoms with Crippen LogP contribution >= 0.6 is 0 Å². The quantitative estimate of drug-likeness (QED) is 0.497. The number of nitrogens with one attached hydrogen (secondary N) is 1. The number of likely N-dealkylation sites (tertiary alicyclic amines) is 1. The van der Waals surface area contributed by atoms with Crippen LogP contribution < -0.4 is 5.32 Å². The fourth-order valence-corrected chi connectivity index (χ4v) is 3.89. The van der Waals surface area contributed by atoms with Gasteiger partial charge in [0, 0.05) is 19.5 Å². The minimum absolute atomic E-state index is 0.0144. The van der Waals surface area contributed by atoms with Gasteiger partial charge in [0.15, 0.2) is 0 Å². The summed E-state index contributed by atoms with van der Waals surface area (Å²) < 4.78 is 57.2. The summed E-state index contributed by atoms with van der Waals surface area (Å²) in [5, 5.41) is 2.88. The van der Waals surface area contributed by atoms with E-state index in [9.17, 15) is 27.2 Å². The number of piperidine rings is 1. The predicted molar refractivity (Wildman–Crippen MR) is 114 cm³/mol. The molecule has 0 radical (unpaired) electrons. The van der Waals surface area contributed by atoms with Crippen molar-refractivity contribution in [2.24, 2.45) is 0 Å². The van der Waals surface area contributed by atoms with Gasteiger partial charge in [0.05, 0.1) is 30.3 Å². The molecule has 3 rings (SSSR count). The van der Waals surface area contributed by atoms with E-state index in [0.717, 1.165) is 17.7 Å². The molecule has 5 nitrogen and oxygen atoms in total. The molecule has 1 saturated heterocycles. The highest BCUT2D eigenvalue weighted by Gasteiger charge is 2.34. The number of alkyl halides is 4. The third-order valence-electron chi connectivity index (χ3n) is 5.81. The Bertz CT molecular complexity index is 961. The number of ether oxygens (including phenoxy) is 1. The number of esters is 1. The molecule has 9 heteroatoms. The zero-order valence-electron chi connectivity index (χ0n) is 18.4. The molecule has 1 amide bonds. The number of carbonyl (C=O) groups is 2. The lowest BCUT2D eigenvalue weighted by atomic mass is 9.97. The maximum Gasteiger partial charge on any atom is 0.416 e. The molecular weight excluding hydrogens is 440 g/mol. The van der Waals surface area contributed by atoms with E-state index in [2.05, 4.69) is 10.1 Å². The van der Waals surface area contributed by atoms with Crippen molar-refractivity contribution in [2.75, 3.05) is 13.7 Å². The van der Waals surface area contributed by atoms with Gasteiger partial charge in [0.25, 0.3) is 0 Å². The molecule has 1 aliphatic rings. The average molecular weight is 466 g/mol. The van der Waals surface area contributed by atoms with Crippen LogP contribution in [-0.2, 0) is 22.3 Å². The number of hydrogen-bond acceptors (Lipinski definition) is 4. The van der Waals surface area contributed by atoms with Crippen molar-refractivity contribution in [1.29, 1.82) is 0 Å². The number of hydrogen-bond donors (Lipinski definition) is 1. The van der Waals surface area contributed by atoms with Crippen molar-refractivity contribution in [3.8, 4) is 0 Å². The van der Waals surface area contributed by atoms with E-state index >= 15 is 0 Å². The Morgan fingerprint density at radius 3 is 2.33 bits per heavy atom. The van der Waals surface area contributed by atoms with Crippen LogP contribution in [-0.4, -0.2) is 42.6 Å². The average Bonchev–Trinajstić information content (AvgIpc) is 2.79. The lowest BCUT2D eigenvalue weighted by Crippen LogP contribution is -2.51. The number of amides is 1. The Morgan fingerprint density at radius 2 is 1.76 bits per heavy atom. The van der Waals surface area contributed by atoms with Crippen molar-refractivity contribution in [3.63, 3.8) is 0 Å². The van der Waals surface area contributed by atoms with E-state index < -0.39 is 36.0 Å². The summed E-state index contributed by atoms with van der Waals surface area (Å²) >= 11 is 0. The first kappa shape index (κ1) is 24.7. The summed E-state index contributed by atoms with van der Waals surface area (Å²) in [5.74, 6) is -0.817. The van der Waals surface area contributed by atoms with Gasteiger partial charge in [-0.3, -0.25) is 9.69 Å². The highest BCUT2D eigenvalue weighted by Crippen LogP contribution is 2.30. The van der Waals surface area contributed by atoms with Gasteiger partial charge in [-0.05, 0) is 48.7 Å². The molecular formula is C24H26F4N2O3. The Morgan fingerprint density at radius 1 is 1.12 bits per heavy atom. The number of halogens is 4. The summed E-state index contributed by atoms with van der Waals surface area (Å²) in [6.45, 7) is 2.34. The molecule has 0 spiro atoms. The minimum atomic E-state index is -4.42. The summed E-state index contributed by atoms with van der Waals surface area (Å²) in [4.78, 5) is 26.4. The first-order valence-corrected chi connectivity index (χ1v) is 10.6. The van der Waals surface area contributed by atoms with E-state index in [-0.39, 0.29) is 25.3 Å². The fraction of sp³-hybridized carbons (Fsp3) is 0.417. The molecule has 2 aromatic rings. The zero-order valence-corrected chi connectivity index (χ0v) is 18.4. The zero-order chi connectivity index (χ0) is 24.2. The Hall–Kier alpha value is -2.94. The van der Waals surface area contributed by atoms with Gasteiger partial charge in [-0.1, -0.05) is 24.3 Å². The third-order valence-corrected chi connectivity index (χ3v) is 5.81. The fourth-order valence-electron chi connectivity index (χ4n) is 3.89. The summed E-state index contributed by atoms with van der Waals surface area (Å²) in [5.41, 5.74) is 1.02. The van der Waals surface area contributed by atoms with Crippen molar-refractivity contribution in [2.45, 2.75) is 50.7 Å². The second-order valence-corrected chi connectivity index (χ2v) is 8.15. The molecule has 33 heavy (non-hydrogen) atoms. The normalized spacial score (nSPS) is 20.2. The number of nitrogens with zero attached hydrogens (tertiary/aromatic N) is 1. The molecule has 1 unspecified atom stereocenters. The molecule has 0 bridgehead atoms. The van der Waals surface area contributed by atoms with Crippen LogP contribution in [0.4, 0.5) is 17.6 Å². The van der Waals surface area contributed by atoms with Crippen LogP contribution in [0, 0.1) is 0 Å². The van der Waals surface area contributed by atoms with E-state index in [0.29, 0.717) is 17.7 Å². The van der Waals surface area contributed by atoms with Crippen LogP contribution in [0.5, 0.6) is 0 Å². The van der Waals surface area contributed by atoms with Gasteiger partial charge in [0.2, 0.25) is 5.91 Å². The van der Waals surface area contributed by atoms with Crippen molar-refractivity contribution < 1.29 is 31.9 Å². The van der Waals surface area contributed by atoms with E-state index in [1.807, 2.05) is 0 Å². The Labute approximate surface area is 189 Å². The molecule has 0 aromatic heterocycles. The van der Waals surface area contributed by atoms with Gasteiger partial charge >= 0.3 is 12.1 Å². The third kappa shape index (κ3) is 6.31. The van der Waals surface area contributed by atoms with Crippen LogP contribution in [0.1, 0.15) is 52.9 Å². The lowest BCUT2D eigenvalue weighted by Gasteiger charge is -2.36. The monoisotopic (exact) mass is 466 g/mol. The second-order valence-electron chi connectivity index (χ2n) is 8.15. The predicted octanol–water partition coefficient (Wildman–Crippen LogP) is 4.67. The van der Waals surface area contributed by atoms with Gasteiger partial charge < -0.3 is 10.1 Å². The van der Waals surface area contributed by atoms with E-state index in [1.54, 1.807) is 36.1 Å². The summed E-state index contributed by atoms with van der Waals surface area (Å²) in [7, 11) is 1.29. The van der Waals surface area contributed by atoms with Crippen LogP contribution in [0.2, 0.25) is 0 Å². The van der Waals surface area contributed by atoms with E-state index in [4.69, 9.17) is 0 Å². The van der Waals surface area contributed by atoms with Gasteiger partial charge in [0.1, 0.15) is 6.17 Å². The SMILES string of the molecule is COC(=O)c1ccc([C@H](C)NC(=O)[C@H]2CC(F)CCN2Cc2ccc(C(F)(F)F)cc2)cc1. The van der Waals surface area contributed by atoms with Crippen molar-refractivity contribution in [1.82, 2.24) is 10.2 Å². The van der Waals surface area contributed by atoms with Crippen molar-refractivity contribution in [3.05, 3.63) is 70.8 Å². The molecule has 178 valence electrons. The van der Waals surface area contributed by atoms with Gasteiger partial charge in [-0.25, -0.2) is 9.18 Å². The highest BCUT2D eigenvalue weighted by molar-refractivity contribution is 5.89. The molecule has 1 aliphatic heterocycles. The largest absolute Gasteiger partial charge is 0.465 e. The molecule has 2 aromatic carbocycles. The van der Waals surface area contributed by atoms with Crippen LogP contribution in [0.15, 0.2) is 48.5 Å². The Balaban J connectivity index is 1.67. The van der Waals surface area contributed by atoms with Crippen LogP contribution in [0.25, 0.3) is 0 Å². The molecule has 0 saturated carbocycles. The molecule has 3 atom stereocenters. The first-order chi connectivity index (χ1) is 15.6. The number of methoxy groups -OCH3 is 1. The molecule has 0 aliphatic carbocycles. The molecule has 1 heterocycles. The van der Waals surface area contributed by atoms with Gasteiger partial charge in [-0.15, -0.1) is 0 Å². The standard InChI is InChI=1S/C24H26F4N2O3/c1-15(17-5-7-18(8-6-17)23(32)33-2)29-22(31)21-13-20(25)11-12-30(21)14-16-3-9-19(10-4-16)24(26,27)28/h3-10,15,20-21H,11-14H2,1-2H3,(H,29,31)/t15-,20?,21+/m0/s1. The smallest absolute Gasteiger partial charge is 0.416 e. The van der Waals surface area contributed by atoms with Crippen LogP contribution in [0.3, 0.4) is 0 Å².